The predicted octanol–water partition coefficient (Wildman–Crippen LogP) is 2.51. The van der Waals surface area contributed by atoms with Crippen LogP contribution in [0.3, 0.4) is 0 Å². The molecule has 90 valence electrons. The number of rotatable bonds is 3. The molecule has 0 aliphatic carbocycles. The fourth-order valence-corrected chi connectivity index (χ4v) is 1.87. The van der Waals surface area contributed by atoms with Gasteiger partial charge in [-0.1, -0.05) is 17.7 Å². The monoisotopic (exact) mass is 254 g/mol. The summed E-state index contributed by atoms with van der Waals surface area (Å²) in [4.78, 5) is 11.8. The summed E-state index contributed by atoms with van der Waals surface area (Å²) < 4.78 is 16.0. The lowest BCUT2D eigenvalue weighted by Gasteiger charge is -2.04. The molecule has 0 atom stereocenters. The van der Waals surface area contributed by atoms with Crippen molar-refractivity contribution in [3.05, 3.63) is 57.5 Å². The smallest absolute Gasteiger partial charge is 0.300 e. The summed E-state index contributed by atoms with van der Waals surface area (Å²) in [6.45, 7) is 2.88. The fourth-order valence-electron chi connectivity index (χ4n) is 1.65. The van der Waals surface area contributed by atoms with Crippen molar-refractivity contribution in [2.24, 2.45) is 0 Å². The molecule has 0 unspecified atom stereocenters. The summed E-state index contributed by atoms with van der Waals surface area (Å²) in [6, 6.07) is 4.18. The van der Waals surface area contributed by atoms with Crippen molar-refractivity contribution in [2.75, 3.05) is 0 Å². The molecule has 0 bridgehead atoms. The average molecular weight is 255 g/mol. The Morgan fingerprint density at radius 2 is 2.00 bits per heavy atom. The van der Waals surface area contributed by atoms with E-state index in [0.717, 1.165) is 5.56 Å². The number of imidazole rings is 1. The van der Waals surface area contributed by atoms with Crippen LogP contribution in [0.25, 0.3) is 0 Å². The van der Waals surface area contributed by atoms with E-state index >= 15 is 0 Å². The van der Waals surface area contributed by atoms with Gasteiger partial charge in [-0.2, -0.15) is 0 Å². The highest BCUT2D eigenvalue weighted by molar-refractivity contribution is 6.31. The minimum Gasteiger partial charge on any atom is -0.300 e. The number of nitrogens with zero attached hydrogens (tertiary/aromatic N) is 2. The molecule has 0 aliphatic rings. The lowest BCUT2D eigenvalue weighted by Crippen LogP contribution is -2.23. The van der Waals surface area contributed by atoms with Crippen LogP contribution in [0.15, 0.2) is 35.4 Å². The van der Waals surface area contributed by atoms with Crippen molar-refractivity contribution in [2.45, 2.75) is 20.0 Å². The first-order valence-corrected chi connectivity index (χ1v) is 5.69. The van der Waals surface area contributed by atoms with Crippen LogP contribution in [0.2, 0.25) is 5.02 Å². The normalized spacial score (nSPS) is 10.8. The molecular weight excluding hydrogens is 243 g/mol. The molecule has 1 aromatic heterocycles. The van der Waals surface area contributed by atoms with Gasteiger partial charge >= 0.3 is 5.69 Å². The molecule has 0 saturated heterocycles. The topological polar surface area (TPSA) is 26.9 Å². The molecule has 0 amide bonds. The highest BCUT2D eigenvalue weighted by atomic mass is 35.5. The van der Waals surface area contributed by atoms with E-state index in [-0.39, 0.29) is 11.5 Å². The van der Waals surface area contributed by atoms with Crippen molar-refractivity contribution in [1.82, 2.24) is 9.13 Å². The zero-order valence-electron chi connectivity index (χ0n) is 9.36. The summed E-state index contributed by atoms with van der Waals surface area (Å²) in [7, 11) is 0. The van der Waals surface area contributed by atoms with Gasteiger partial charge in [0, 0.05) is 24.0 Å². The number of hydrogen-bond acceptors (Lipinski definition) is 1. The van der Waals surface area contributed by atoms with Crippen LogP contribution in [0, 0.1) is 5.82 Å². The first-order chi connectivity index (χ1) is 8.11. The van der Waals surface area contributed by atoms with Crippen LogP contribution in [-0.4, -0.2) is 9.13 Å². The van der Waals surface area contributed by atoms with Crippen molar-refractivity contribution in [3.63, 3.8) is 0 Å². The second-order valence-corrected chi connectivity index (χ2v) is 4.14. The van der Waals surface area contributed by atoms with Crippen LogP contribution < -0.4 is 5.69 Å². The first-order valence-electron chi connectivity index (χ1n) is 5.31. The summed E-state index contributed by atoms with van der Waals surface area (Å²) in [6.07, 6.45) is 3.42. The second kappa shape index (κ2) is 4.75. The van der Waals surface area contributed by atoms with Gasteiger partial charge < -0.3 is 0 Å². The zero-order valence-corrected chi connectivity index (χ0v) is 10.1. The molecule has 0 aliphatic heterocycles. The maximum Gasteiger partial charge on any atom is 0.328 e. The van der Waals surface area contributed by atoms with Crippen molar-refractivity contribution < 1.29 is 4.39 Å². The molecule has 0 saturated carbocycles. The third-order valence-electron chi connectivity index (χ3n) is 2.61. The first kappa shape index (κ1) is 11.9. The molecule has 3 nitrogen and oxygen atoms in total. The van der Waals surface area contributed by atoms with E-state index in [1.807, 2.05) is 6.92 Å². The van der Waals surface area contributed by atoms with Crippen molar-refractivity contribution >= 4 is 11.6 Å². The minimum atomic E-state index is -0.378. The van der Waals surface area contributed by atoms with Crippen LogP contribution in [-0.2, 0) is 13.1 Å². The van der Waals surface area contributed by atoms with Crippen molar-refractivity contribution in [3.8, 4) is 0 Å². The van der Waals surface area contributed by atoms with Crippen LogP contribution in [0.4, 0.5) is 4.39 Å². The van der Waals surface area contributed by atoms with Gasteiger partial charge in [-0.15, -0.1) is 0 Å². The summed E-state index contributed by atoms with van der Waals surface area (Å²) >= 11 is 5.91. The number of benzene rings is 1. The van der Waals surface area contributed by atoms with E-state index in [0.29, 0.717) is 18.1 Å². The molecule has 0 radical (unpaired) electrons. The maximum atomic E-state index is 12.9. The summed E-state index contributed by atoms with van der Waals surface area (Å²) in [5.74, 6) is -0.378. The number of halogens is 2. The van der Waals surface area contributed by atoms with Gasteiger partial charge in [-0.05, 0) is 24.6 Å². The Morgan fingerprint density at radius 1 is 1.29 bits per heavy atom. The largest absolute Gasteiger partial charge is 0.328 e. The lowest BCUT2D eigenvalue weighted by atomic mass is 10.2. The maximum absolute atomic E-state index is 12.9. The van der Waals surface area contributed by atoms with Gasteiger partial charge in [0.15, 0.2) is 0 Å². The van der Waals surface area contributed by atoms with Crippen LogP contribution in [0.1, 0.15) is 12.5 Å². The second-order valence-electron chi connectivity index (χ2n) is 3.73. The Kier molecular flexibility index (Phi) is 3.33. The molecule has 0 N–H and O–H groups in total. The Morgan fingerprint density at radius 3 is 2.59 bits per heavy atom. The summed E-state index contributed by atoms with van der Waals surface area (Å²) in [5, 5.41) is 0.334. The highest BCUT2D eigenvalue weighted by Crippen LogP contribution is 2.17. The Hall–Kier alpha value is -1.55. The molecular formula is C12H12ClFN2O. The van der Waals surface area contributed by atoms with Gasteiger partial charge in [-0.25, -0.2) is 9.18 Å². The molecule has 1 heterocycles. The van der Waals surface area contributed by atoms with Crippen LogP contribution in [0.5, 0.6) is 0 Å². The van der Waals surface area contributed by atoms with Crippen molar-refractivity contribution in [1.29, 1.82) is 0 Å². The van der Waals surface area contributed by atoms with Gasteiger partial charge in [0.2, 0.25) is 0 Å². The third kappa shape index (κ3) is 2.42. The highest BCUT2D eigenvalue weighted by Gasteiger charge is 2.06. The minimum absolute atomic E-state index is 0.0899. The predicted molar refractivity (Wildman–Crippen MR) is 64.9 cm³/mol. The number of aryl methyl sites for hydroxylation is 1. The molecule has 1 aromatic carbocycles. The van der Waals surface area contributed by atoms with Gasteiger partial charge in [0.05, 0.1) is 6.54 Å². The third-order valence-corrected chi connectivity index (χ3v) is 2.97. The van der Waals surface area contributed by atoms with E-state index in [4.69, 9.17) is 11.6 Å². The molecule has 2 rings (SSSR count). The Labute approximate surface area is 103 Å². The van der Waals surface area contributed by atoms with E-state index in [1.165, 1.54) is 12.1 Å². The Balaban J connectivity index is 2.31. The van der Waals surface area contributed by atoms with E-state index in [2.05, 4.69) is 0 Å². The van der Waals surface area contributed by atoms with E-state index in [9.17, 15) is 9.18 Å². The average Bonchev–Trinajstić information content (AvgIpc) is 2.64. The van der Waals surface area contributed by atoms with Crippen LogP contribution >= 0.6 is 11.6 Å². The molecule has 0 fully saturated rings. The Bertz CT molecular complexity index is 588. The molecule has 17 heavy (non-hydrogen) atoms. The number of hydrogen-bond donors (Lipinski definition) is 0. The molecule has 2 aromatic rings. The SMILES string of the molecule is CCn1ccn(Cc2ccc(F)cc2Cl)c1=O. The van der Waals surface area contributed by atoms with Gasteiger partial charge in [-0.3, -0.25) is 9.13 Å². The number of aromatic nitrogens is 2. The molecule has 0 spiro atoms. The summed E-state index contributed by atoms with van der Waals surface area (Å²) in [5.41, 5.74) is 0.636. The van der Waals surface area contributed by atoms with Gasteiger partial charge in [0.1, 0.15) is 5.82 Å². The van der Waals surface area contributed by atoms with E-state index in [1.54, 1.807) is 27.6 Å². The standard InChI is InChI=1S/C12H12ClFN2O/c1-2-15-5-6-16(12(15)17)8-9-3-4-10(14)7-11(9)13/h3-7H,2,8H2,1H3. The zero-order chi connectivity index (χ0) is 12.4. The quantitative estimate of drug-likeness (QED) is 0.827. The molecule has 5 heteroatoms. The fraction of sp³-hybridized carbons (Fsp3) is 0.250. The lowest BCUT2D eigenvalue weighted by molar-refractivity contribution is 0.625. The van der Waals surface area contributed by atoms with Gasteiger partial charge in [0.25, 0.3) is 0 Å². The van der Waals surface area contributed by atoms with E-state index < -0.39 is 0 Å².